The molecule has 7 heteroatoms. The summed E-state index contributed by atoms with van der Waals surface area (Å²) in [4.78, 5) is 17.0. The Hall–Kier alpha value is -2.15. The number of aromatic hydroxyl groups is 1. The van der Waals surface area contributed by atoms with Gasteiger partial charge in [-0.1, -0.05) is 23.7 Å². The van der Waals surface area contributed by atoms with Gasteiger partial charge in [0, 0.05) is 36.2 Å². The van der Waals surface area contributed by atoms with E-state index in [0.29, 0.717) is 16.7 Å². The smallest absolute Gasteiger partial charge is 0.335 e. The second-order valence-corrected chi connectivity index (χ2v) is 9.30. The van der Waals surface area contributed by atoms with Gasteiger partial charge in [0.25, 0.3) is 0 Å². The van der Waals surface area contributed by atoms with Crippen molar-refractivity contribution < 1.29 is 15.0 Å². The number of nitrogens with zero attached hydrogens (tertiary/aromatic N) is 1. The molecule has 1 unspecified atom stereocenters. The number of carboxylic acid groups (broad SMARTS) is 1. The first-order valence-electron chi connectivity index (χ1n) is 10.1. The summed E-state index contributed by atoms with van der Waals surface area (Å²) in [5.74, 6) is 1.70. The molecule has 1 fully saturated rings. The first kappa shape index (κ1) is 21.1. The van der Waals surface area contributed by atoms with Crippen molar-refractivity contribution in [3.8, 4) is 5.75 Å². The zero-order valence-electron chi connectivity index (χ0n) is 16.6. The largest absolute Gasteiger partial charge is 0.508 e. The minimum absolute atomic E-state index is 0.215. The summed E-state index contributed by atoms with van der Waals surface area (Å²) in [5.41, 5.74) is 3.40. The van der Waals surface area contributed by atoms with Gasteiger partial charge in [0.2, 0.25) is 0 Å². The highest BCUT2D eigenvalue weighted by Gasteiger charge is 2.21. The third-order valence-corrected chi connectivity index (χ3v) is 7.04. The average Bonchev–Trinajstić information content (AvgIpc) is 3.15. The van der Waals surface area contributed by atoms with Crippen LogP contribution < -0.4 is 0 Å². The second-order valence-electron chi connectivity index (χ2n) is 7.78. The van der Waals surface area contributed by atoms with Gasteiger partial charge in [0.1, 0.15) is 5.75 Å². The SMILES string of the molecule is O=C(O)c1cc(Cl)c2[nH]cc(CSCCN3CCCC(c4ccc(O)cc4)C3)c2c1. The maximum atomic E-state index is 11.3. The molecule has 1 atom stereocenters. The van der Waals surface area contributed by atoms with Gasteiger partial charge >= 0.3 is 5.97 Å². The van der Waals surface area contributed by atoms with Crippen molar-refractivity contribution in [2.75, 3.05) is 25.4 Å². The van der Waals surface area contributed by atoms with Crippen molar-refractivity contribution in [3.05, 3.63) is 64.3 Å². The van der Waals surface area contributed by atoms with Crippen LogP contribution in [0.15, 0.2) is 42.6 Å². The fourth-order valence-electron chi connectivity index (χ4n) is 4.14. The van der Waals surface area contributed by atoms with E-state index < -0.39 is 5.97 Å². The van der Waals surface area contributed by atoms with Crippen LogP contribution in [0.1, 0.15) is 40.2 Å². The topological polar surface area (TPSA) is 76.6 Å². The predicted molar refractivity (Wildman–Crippen MR) is 123 cm³/mol. The molecule has 1 aliphatic heterocycles. The van der Waals surface area contributed by atoms with Gasteiger partial charge in [-0.15, -0.1) is 0 Å². The van der Waals surface area contributed by atoms with E-state index in [1.165, 1.54) is 24.5 Å². The van der Waals surface area contributed by atoms with Crippen LogP contribution in [0.4, 0.5) is 0 Å². The molecule has 4 rings (SSSR count). The number of fused-ring (bicyclic) bond motifs is 1. The fourth-order valence-corrected chi connectivity index (χ4v) is 5.40. The molecule has 1 saturated heterocycles. The molecule has 3 N–H and O–H groups in total. The van der Waals surface area contributed by atoms with E-state index in [4.69, 9.17) is 11.6 Å². The summed E-state index contributed by atoms with van der Waals surface area (Å²) in [6, 6.07) is 10.8. The van der Waals surface area contributed by atoms with Gasteiger partial charge in [-0.05, 0) is 60.7 Å². The van der Waals surface area contributed by atoms with Gasteiger partial charge in [0.15, 0.2) is 0 Å². The van der Waals surface area contributed by atoms with Crippen molar-refractivity contribution in [2.45, 2.75) is 24.5 Å². The molecule has 1 aromatic heterocycles. The Morgan fingerprint density at radius 2 is 2.07 bits per heavy atom. The minimum Gasteiger partial charge on any atom is -0.508 e. The van der Waals surface area contributed by atoms with Crippen LogP contribution in [0.2, 0.25) is 5.02 Å². The summed E-state index contributed by atoms with van der Waals surface area (Å²) in [7, 11) is 0. The van der Waals surface area contributed by atoms with E-state index in [1.807, 2.05) is 30.1 Å². The summed E-state index contributed by atoms with van der Waals surface area (Å²) in [5, 5.41) is 20.1. The molecule has 0 aliphatic carbocycles. The number of aromatic amines is 1. The first-order valence-corrected chi connectivity index (χ1v) is 11.7. The van der Waals surface area contributed by atoms with Crippen LogP contribution >= 0.6 is 23.4 Å². The molecule has 1 aliphatic rings. The Balaban J connectivity index is 1.32. The number of benzene rings is 2. The minimum atomic E-state index is -0.966. The molecule has 30 heavy (non-hydrogen) atoms. The summed E-state index contributed by atoms with van der Waals surface area (Å²) in [6.45, 7) is 3.21. The second kappa shape index (κ2) is 9.33. The van der Waals surface area contributed by atoms with Crippen LogP contribution in [0, 0.1) is 0 Å². The third-order valence-electron chi connectivity index (χ3n) is 5.75. The molecule has 3 aromatic rings. The zero-order valence-corrected chi connectivity index (χ0v) is 18.2. The number of H-pyrrole nitrogens is 1. The van der Waals surface area contributed by atoms with Crippen molar-refractivity contribution in [2.24, 2.45) is 0 Å². The van der Waals surface area contributed by atoms with Gasteiger partial charge < -0.3 is 20.1 Å². The average molecular weight is 445 g/mol. The monoisotopic (exact) mass is 444 g/mol. The molecule has 2 heterocycles. The molecule has 0 saturated carbocycles. The molecule has 0 amide bonds. The standard InChI is InChI=1S/C23H25ClN2O3S/c24-21-11-17(23(28)29)10-20-18(12-25-22(20)21)14-30-9-8-26-7-1-2-16(13-26)15-3-5-19(27)6-4-15/h3-6,10-12,16,25,27H,1-2,7-9,13-14H2,(H,28,29). The lowest BCUT2D eigenvalue weighted by atomic mass is 9.90. The number of rotatable bonds is 7. The maximum Gasteiger partial charge on any atom is 0.335 e. The van der Waals surface area contributed by atoms with E-state index in [-0.39, 0.29) is 5.56 Å². The molecule has 0 bridgehead atoms. The number of carboxylic acids is 1. The zero-order chi connectivity index (χ0) is 21.1. The molecule has 0 radical (unpaired) electrons. The number of halogens is 1. The number of aromatic carboxylic acids is 1. The number of phenolic OH excluding ortho intramolecular Hbond substituents is 1. The Labute approximate surface area is 185 Å². The van der Waals surface area contributed by atoms with Gasteiger partial charge in [-0.2, -0.15) is 11.8 Å². The Bertz CT molecular complexity index is 1030. The molecular formula is C23H25ClN2O3S. The number of phenols is 1. The lowest BCUT2D eigenvalue weighted by Crippen LogP contribution is -2.35. The molecule has 0 spiro atoms. The van der Waals surface area contributed by atoms with E-state index in [9.17, 15) is 15.0 Å². The summed E-state index contributed by atoms with van der Waals surface area (Å²) >= 11 is 8.09. The van der Waals surface area contributed by atoms with Crippen LogP contribution in [-0.2, 0) is 5.75 Å². The lowest BCUT2D eigenvalue weighted by molar-refractivity contribution is 0.0697. The highest BCUT2D eigenvalue weighted by atomic mass is 35.5. The van der Waals surface area contributed by atoms with Gasteiger partial charge in [0.05, 0.1) is 16.1 Å². The van der Waals surface area contributed by atoms with Crippen molar-refractivity contribution in [1.29, 1.82) is 0 Å². The quantitative estimate of drug-likeness (QED) is 0.429. The number of piperidine rings is 1. The van der Waals surface area contributed by atoms with Crippen molar-refractivity contribution in [1.82, 2.24) is 9.88 Å². The number of aromatic nitrogens is 1. The molecular weight excluding hydrogens is 420 g/mol. The molecule has 2 aromatic carbocycles. The number of likely N-dealkylation sites (tertiary alicyclic amines) is 1. The van der Waals surface area contributed by atoms with Crippen molar-refractivity contribution in [3.63, 3.8) is 0 Å². The van der Waals surface area contributed by atoms with E-state index in [2.05, 4.69) is 9.88 Å². The lowest BCUT2D eigenvalue weighted by Gasteiger charge is -2.33. The van der Waals surface area contributed by atoms with Crippen LogP contribution in [0.3, 0.4) is 0 Å². The van der Waals surface area contributed by atoms with Crippen LogP contribution in [0.25, 0.3) is 10.9 Å². The number of hydrogen-bond donors (Lipinski definition) is 3. The highest BCUT2D eigenvalue weighted by molar-refractivity contribution is 7.98. The molecule has 158 valence electrons. The van der Waals surface area contributed by atoms with Gasteiger partial charge in [-0.25, -0.2) is 4.79 Å². The summed E-state index contributed by atoms with van der Waals surface area (Å²) < 4.78 is 0. The number of nitrogens with one attached hydrogen (secondary N) is 1. The Morgan fingerprint density at radius 3 is 2.83 bits per heavy atom. The highest BCUT2D eigenvalue weighted by Crippen LogP contribution is 2.31. The summed E-state index contributed by atoms with van der Waals surface area (Å²) in [6.07, 6.45) is 4.31. The first-order chi connectivity index (χ1) is 14.5. The van der Waals surface area contributed by atoms with Gasteiger partial charge in [-0.3, -0.25) is 0 Å². The predicted octanol–water partition coefficient (Wildman–Crippen LogP) is 5.34. The van der Waals surface area contributed by atoms with E-state index in [1.54, 1.807) is 18.2 Å². The van der Waals surface area contributed by atoms with E-state index >= 15 is 0 Å². The van der Waals surface area contributed by atoms with E-state index in [0.717, 1.165) is 47.6 Å². The normalized spacial score (nSPS) is 17.4. The van der Waals surface area contributed by atoms with Crippen LogP contribution in [-0.4, -0.2) is 51.5 Å². The number of thioether (sulfide) groups is 1. The maximum absolute atomic E-state index is 11.3. The van der Waals surface area contributed by atoms with Crippen LogP contribution in [0.5, 0.6) is 5.75 Å². The fraction of sp³-hybridized carbons (Fsp3) is 0.348. The Kier molecular flexibility index (Phi) is 6.56. The van der Waals surface area contributed by atoms with Crippen molar-refractivity contribution >= 4 is 40.2 Å². The molecule has 5 nitrogen and oxygen atoms in total. The third kappa shape index (κ3) is 4.77. The number of carbonyl (C=O) groups is 1. The Morgan fingerprint density at radius 1 is 1.27 bits per heavy atom. The number of hydrogen-bond acceptors (Lipinski definition) is 4.